The minimum atomic E-state index is -0.269. The molecule has 4 nitrogen and oxygen atoms in total. The van der Waals surface area contributed by atoms with Gasteiger partial charge in [-0.2, -0.15) is 0 Å². The maximum absolute atomic E-state index is 13.9. The summed E-state index contributed by atoms with van der Waals surface area (Å²) in [7, 11) is 0. The first-order valence-corrected chi connectivity index (χ1v) is 9.33. The standard InChI is InChI=1S/C20H23FN2O2S/c1-4-23(13-19(24)22-14(2)3)20(25)12-10-15-9-11-18(26-15)16-7-5-6-8-17(16)21/h5-12,14H,4,13H2,1-3H3,(H,22,24)/b12-10+. The molecule has 1 aromatic heterocycles. The minimum Gasteiger partial charge on any atom is -0.352 e. The summed E-state index contributed by atoms with van der Waals surface area (Å²) in [4.78, 5) is 27.3. The molecule has 0 radical (unpaired) electrons. The number of halogens is 1. The summed E-state index contributed by atoms with van der Waals surface area (Å²) in [5.74, 6) is -0.678. The van der Waals surface area contributed by atoms with E-state index in [9.17, 15) is 14.0 Å². The molecule has 0 fully saturated rings. The lowest BCUT2D eigenvalue weighted by Crippen LogP contribution is -2.42. The van der Waals surface area contributed by atoms with Crippen molar-refractivity contribution in [2.75, 3.05) is 13.1 Å². The van der Waals surface area contributed by atoms with Crippen molar-refractivity contribution in [3.05, 3.63) is 53.2 Å². The van der Waals surface area contributed by atoms with E-state index in [2.05, 4.69) is 5.32 Å². The number of amides is 2. The fraction of sp³-hybridized carbons (Fsp3) is 0.300. The third kappa shape index (κ3) is 5.52. The van der Waals surface area contributed by atoms with Crippen LogP contribution in [0.25, 0.3) is 16.5 Å². The average Bonchev–Trinajstić information content (AvgIpc) is 3.06. The molecule has 0 aliphatic rings. The van der Waals surface area contributed by atoms with E-state index in [-0.39, 0.29) is 30.2 Å². The number of benzene rings is 1. The second-order valence-electron chi connectivity index (χ2n) is 6.09. The molecule has 0 spiro atoms. The van der Waals surface area contributed by atoms with Crippen LogP contribution in [0.5, 0.6) is 0 Å². The molecule has 138 valence electrons. The summed E-state index contributed by atoms with van der Waals surface area (Å²) < 4.78 is 13.9. The molecule has 0 saturated carbocycles. The number of rotatable bonds is 7. The SMILES string of the molecule is CCN(CC(=O)NC(C)C)C(=O)/C=C/c1ccc(-c2ccccc2F)s1. The van der Waals surface area contributed by atoms with Crippen molar-refractivity contribution < 1.29 is 14.0 Å². The third-order valence-electron chi connectivity index (χ3n) is 3.63. The lowest BCUT2D eigenvalue weighted by molar-refractivity contribution is -0.132. The van der Waals surface area contributed by atoms with Gasteiger partial charge in [0.05, 0.1) is 6.54 Å². The summed E-state index contributed by atoms with van der Waals surface area (Å²) >= 11 is 1.41. The number of nitrogens with zero attached hydrogens (tertiary/aromatic N) is 1. The normalized spacial score (nSPS) is 11.1. The topological polar surface area (TPSA) is 49.4 Å². The Kier molecular flexibility index (Phi) is 7.09. The van der Waals surface area contributed by atoms with Crippen molar-refractivity contribution in [3.8, 4) is 10.4 Å². The van der Waals surface area contributed by atoms with E-state index >= 15 is 0 Å². The molecule has 2 amide bonds. The van der Waals surface area contributed by atoms with E-state index in [1.54, 1.807) is 24.3 Å². The van der Waals surface area contributed by atoms with Gasteiger partial charge in [-0.05, 0) is 45.0 Å². The van der Waals surface area contributed by atoms with E-state index in [0.29, 0.717) is 12.1 Å². The predicted octanol–water partition coefficient (Wildman–Crippen LogP) is 3.94. The van der Waals surface area contributed by atoms with E-state index < -0.39 is 0 Å². The van der Waals surface area contributed by atoms with Crippen molar-refractivity contribution in [1.82, 2.24) is 10.2 Å². The maximum Gasteiger partial charge on any atom is 0.247 e. The number of likely N-dealkylation sites (N-methyl/N-ethyl adjacent to an activating group) is 1. The Balaban J connectivity index is 2.03. The van der Waals surface area contributed by atoms with Crippen molar-refractivity contribution in [3.63, 3.8) is 0 Å². The summed E-state index contributed by atoms with van der Waals surface area (Å²) in [6.45, 7) is 6.05. The number of thiophene rings is 1. The van der Waals surface area contributed by atoms with Gasteiger partial charge in [0.1, 0.15) is 5.82 Å². The van der Waals surface area contributed by atoms with Crippen molar-refractivity contribution in [2.45, 2.75) is 26.8 Å². The molecular weight excluding hydrogens is 351 g/mol. The van der Waals surface area contributed by atoms with Crippen LogP contribution < -0.4 is 5.32 Å². The first-order valence-electron chi connectivity index (χ1n) is 8.51. The first kappa shape index (κ1) is 19.8. The first-order chi connectivity index (χ1) is 12.4. The lowest BCUT2D eigenvalue weighted by atomic mass is 10.2. The largest absolute Gasteiger partial charge is 0.352 e. The van der Waals surface area contributed by atoms with Crippen molar-refractivity contribution in [2.24, 2.45) is 0 Å². The summed E-state index contributed by atoms with van der Waals surface area (Å²) in [6, 6.07) is 10.3. The number of carbonyl (C=O) groups is 2. The highest BCUT2D eigenvalue weighted by Crippen LogP contribution is 2.30. The number of nitrogens with one attached hydrogen (secondary N) is 1. The zero-order chi connectivity index (χ0) is 19.1. The van der Waals surface area contributed by atoms with Gasteiger partial charge in [-0.15, -0.1) is 11.3 Å². The monoisotopic (exact) mass is 374 g/mol. The predicted molar refractivity (Wildman–Crippen MR) is 104 cm³/mol. The fourth-order valence-corrected chi connectivity index (χ4v) is 3.33. The zero-order valence-electron chi connectivity index (χ0n) is 15.2. The molecule has 0 aliphatic carbocycles. The van der Waals surface area contributed by atoms with Gasteiger partial charge in [0.2, 0.25) is 11.8 Å². The molecule has 1 aromatic carbocycles. The highest BCUT2D eigenvalue weighted by atomic mass is 32.1. The Hall–Kier alpha value is -2.47. The smallest absolute Gasteiger partial charge is 0.247 e. The molecule has 0 atom stereocenters. The van der Waals surface area contributed by atoms with Gasteiger partial charge in [-0.1, -0.05) is 18.2 Å². The number of carbonyl (C=O) groups excluding carboxylic acids is 2. The highest BCUT2D eigenvalue weighted by molar-refractivity contribution is 7.16. The number of hydrogen-bond acceptors (Lipinski definition) is 3. The maximum atomic E-state index is 13.9. The van der Waals surface area contributed by atoms with E-state index in [1.165, 1.54) is 28.4 Å². The Morgan fingerprint density at radius 3 is 2.62 bits per heavy atom. The lowest BCUT2D eigenvalue weighted by Gasteiger charge is -2.19. The third-order valence-corrected chi connectivity index (χ3v) is 4.72. The van der Waals surface area contributed by atoms with Gasteiger partial charge in [-0.25, -0.2) is 4.39 Å². The van der Waals surface area contributed by atoms with Gasteiger partial charge in [-0.3, -0.25) is 9.59 Å². The Bertz CT molecular complexity index is 799. The second-order valence-corrected chi connectivity index (χ2v) is 7.21. The molecule has 0 saturated heterocycles. The quantitative estimate of drug-likeness (QED) is 0.746. The fourth-order valence-electron chi connectivity index (χ4n) is 2.39. The van der Waals surface area contributed by atoms with Crippen LogP contribution in [0.3, 0.4) is 0 Å². The summed E-state index contributed by atoms with van der Waals surface area (Å²) in [6.07, 6.45) is 3.14. The van der Waals surface area contributed by atoms with Gasteiger partial charge in [0.15, 0.2) is 0 Å². The molecule has 2 aromatic rings. The molecule has 0 aliphatic heterocycles. The molecule has 1 heterocycles. The highest BCUT2D eigenvalue weighted by Gasteiger charge is 2.14. The van der Waals surface area contributed by atoms with Crippen LogP contribution in [0, 0.1) is 5.82 Å². The van der Waals surface area contributed by atoms with Crippen LogP contribution >= 0.6 is 11.3 Å². The second kappa shape index (κ2) is 9.29. The van der Waals surface area contributed by atoms with Crippen LogP contribution in [0.2, 0.25) is 0 Å². The molecule has 26 heavy (non-hydrogen) atoms. The van der Waals surface area contributed by atoms with Crippen molar-refractivity contribution in [1.29, 1.82) is 0 Å². The van der Waals surface area contributed by atoms with Gasteiger partial charge in [0, 0.05) is 34.0 Å². The minimum absolute atomic E-state index is 0.0305. The Labute approximate surface area is 157 Å². The molecule has 2 rings (SSSR count). The van der Waals surface area contributed by atoms with Gasteiger partial charge in [0.25, 0.3) is 0 Å². The summed E-state index contributed by atoms with van der Waals surface area (Å²) in [5.41, 5.74) is 0.545. The average molecular weight is 374 g/mol. The molecule has 0 unspecified atom stereocenters. The molecule has 6 heteroatoms. The van der Waals surface area contributed by atoms with E-state index in [4.69, 9.17) is 0 Å². The van der Waals surface area contributed by atoms with E-state index in [1.807, 2.05) is 32.9 Å². The van der Waals surface area contributed by atoms with Gasteiger partial charge >= 0.3 is 0 Å². The van der Waals surface area contributed by atoms with Crippen LogP contribution in [0.15, 0.2) is 42.5 Å². The number of hydrogen-bond donors (Lipinski definition) is 1. The molecular formula is C20H23FN2O2S. The van der Waals surface area contributed by atoms with Gasteiger partial charge < -0.3 is 10.2 Å². The Morgan fingerprint density at radius 1 is 1.23 bits per heavy atom. The van der Waals surface area contributed by atoms with Crippen LogP contribution in [-0.2, 0) is 9.59 Å². The summed E-state index contributed by atoms with van der Waals surface area (Å²) in [5, 5.41) is 2.77. The molecule has 1 N–H and O–H groups in total. The van der Waals surface area contributed by atoms with Crippen LogP contribution in [-0.4, -0.2) is 35.8 Å². The molecule has 0 bridgehead atoms. The zero-order valence-corrected chi connectivity index (χ0v) is 16.0. The Morgan fingerprint density at radius 2 is 1.96 bits per heavy atom. The van der Waals surface area contributed by atoms with Crippen LogP contribution in [0.1, 0.15) is 25.6 Å². The van der Waals surface area contributed by atoms with Crippen molar-refractivity contribution >= 4 is 29.2 Å². The van der Waals surface area contributed by atoms with Crippen LogP contribution in [0.4, 0.5) is 4.39 Å². The van der Waals surface area contributed by atoms with E-state index in [0.717, 1.165) is 9.75 Å².